The van der Waals surface area contributed by atoms with Gasteiger partial charge in [0.2, 0.25) is 0 Å². The van der Waals surface area contributed by atoms with E-state index in [0.717, 1.165) is 25.7 Å². The standard InChI is InChI=1S/C17H31NO2/c1-10(2)7-14(8-11(3)4)18-16-13-6-5-12(9-13)15(16)17(19)20/h10-16,18H,5-9H2,1-4H3,(H,19,20). The Labute approximate surface area is 123 Å². The minimum absolute atomic E-state index is 0.143. The van der Waals surface area contributed by atoms with Gasteiger partial charge in [-0.05, 0) is 55.8 Å². The smallest absolute Gasteiger partial charge is 0.308 e. The Bertz CT molecular complexity index is 330. The molecule has 4 atom stereocenters. The van der Waals surface area contributed by atoms with Crippen molar-refractivity contribution in [2.75, 3.05) is 0 Å². The molecule has 0 amide bonds. The number of rotatable bonds is 7. The highest BCUT2D eigenvalue weighted by atomic mass is 16.4. The minimum Gasteiger partial charge on any atom is -0.481 e. The zero-order chi connectivity index (χ0) is 14.9. The molecule has 2 saturated carbocycles. The van der Waals surface area contributed by atoms with Crippen LogP contribution in [0.4, 0.5) is 0 Å². The van der Waals surface area contributed by atoms with E-state index in [4.69, 9.17) is 0 Å². The lowest BCUT2D eigenvalue weighted by molar-refractivity contribution is -0.144. The summed E-state index contributed by atoms with van der Waals surface area (Å²) in [6.45, 7) is 9.02. The second-order valence-corrected chi connectivity index (χ2v) is 7.85. The molecule has 2 bridgehead atoms. The predicted molar refractivity (Wildman–Crippen MR) is 81.6 cm³/mol. The summed E-state index contributed by atoms with van der Waals surface area (Å²) in [6.07, 6.45) is 5.78. The van der Waals surface area contributed by atoms with E-state index in [0.29, 0.717) is 29.7 Å². The fourth-order valence-electron chi connectivity index (χ4n) is 4.53. The van der Waals surface area contributed by atoms with Crippen LogP contribution in [0.5, 0.6) is 0 Å². The average molecular weight is 281 g/mol. The lowest BCUT2D eigenvalue weighted by atomic mass is 9.83. The van der Waals surface area contributed by atoms with Gasteiger partial charge in [-0.25, -0.2) is 0 Å². The first-order valence-electron chi connectivity index (χ1n) is 8.37. The van der Waals surface area contributed by atoms with Crippen molar-refractivity contribution in [1.29, 1.82) is 0 Å². The molecule has 20 heavy (non-hydrogen) atoms. The summed E-state index contributed by atoms with van der Waals surface area (Å²) < 4.78 is 0. The molecule has 0 aromatic rings. The molecule has 4 unspecified atom stereocenters. The van der Waals surface area contributed by atoms with Gasteiger partial charge in [-0.1, -0.05) is 27.7 Å². The van der Waals surface area contributed by atoms with E-state index in [2.05, 4.69) is 33.0 Å². The normalized spacial score (nSPS) is 32.8. The van der Waals surface area contributed by atoms with Crippen LogP contribution in [0.1, 0.15) is 59.8 Å². The molecule has 0 saturated heterocycles. The van der Waals surface area contributed by atoms with Gasteiger partial charge in [-0.3, -0.25) is 4.79 Å². The van der Waals surface area contributed by atoms with Crippen molar-refractivity contribution < 1.29 is 9.90 Å². The first-order valence-corrected chi connectivity index (χ1v) is 8.37. The third kappa shape index (κ3) is 3.55. The van der Waals surface area contributed by atoms with Gasteiger partial charge in [0.25, 0.3) is 0 Å². The van der Waals surface area contributed by atoms with E-state index in [1.54, 1.807) is 0 Å². The maximum Gasteiger partial charge on any atom is 0.308 e. The number of hydrogen-bond donors (Lipinski definition) is 2. The number of hydrogen-bond acceptors (Lipinski definition) is 2. The summed E-state index contributed by atoms with van der Waals surface area (Å²) in [4.78, 5) is 11.6. The molecule has 3 heteroatoms. The molecule has 2 aliphatic carbocycles. The maximum atomic E-state index is 11.6. The van der Waals surface area contributed by atoms with Gasteiger partial charge in [0.15, 0.2) is 0 Å². The van der Waals surface area contributed by atoms with Crippen LogP contribution < -0.4 is 5.32 Å². The van der Waals surface area contributed by atoms with E-state index >= 15 is 0 Å². The zero-order valence-electron chi connectivity index (χ0n) is 13.4. The molecule has 0 aromatic heterocycles. The molecule has 3 nitrogen and oxygen atoms in total. The van der Waals surface area contributed by atoms with Gasteiger partial charge in [0.1, 0.15) is 0 Å². The number of nitrogens with one attached hydrogen (secondary N) is 1. The van der Waals surface area contributed by atoms with Gasteiger partial charge in [0.05, 0.1) is 5.92 Å². The predicted octanol–water partition coefficient (Wildman–Crippen LogP) is 3.54. The van der Waals surface area contributed by atoms with Gasteiger partial charge >= 0.3 is 5.97 Å². The van der Waals surface area contributed by atoms with Crippen LogP contribution >= 0.6 is 0 Å². The van der Waals surface area contributed by atoms with Crippen LogP contribution in [-0.4, -0.2) is 23.2 Å². The van der Waals surface area contributed by atoms with Gasteiger partial charge < -0.3 is 10.4 Å². The molecular formula is C17H31NO2. The maximum absolute atomic E-state index is 11.6. The molecule has 0 aromatic carbocycles. The molecule has 2 rings (SSSR count). The van der Waals surface area contributed by atoms with Crippen molar-refractivity contribution in [3.05, 3.63) is 0 Å². The lowest BCUT2D eigenvalue weighted by Crippen LogP contribution is -2.49. The summed E-state index contributed by atoms with van der Waals surface area (Å²) in [5.74, 6) is 1.62. The Morgan fingerprint density at radius 1 is 1.10 bits per heavy atom. The highest BCUT2D eigenvalue weighted by molar-refractivity contribution is 5.72. The SMILES string of the molecule is CC(C)CC(CC(C)C)NC1C2CCC(C2)C1C(=O)O. The summed E-state index contributed by atoms with van der Waals surface area (Å²) in [5, 5.41) is 13.3. The van der Waals surface area contributed by atoms with E-state index in [-0.39, 0.29) is 12.0 Å². The zero-order valence-corrected chi connectivity index (χ0v) is 13.4. The van der Waals surface area contributed by atoms with Crippen LogP contribution in [0.3, 0.4) is 0 Å². The van der Waals surface area contributed by atoms with E-state index in [1.165, 1.54) is 6.42 Å². The second-order valence-electron chi connectivity index (χ2n) is 7.85. The Hall–Kier alpha value is -0.570. The molecular weight excluding hydrogens is 250 g/mol. The third-order valence-corrected chi connectivity index (χ3v) is 5.14. The molecule has 2 fully saturated rings. The molecule has 2 N–H and O–H groups in total. The number of carbonyl (C=O) groups is 1. The summed E-state index contributed by atoms with van der Waals surface area (Å²) in [6, 6.07) is 0.690. The monoisotopic (exact) mass is 281 g/mol. The molecule has 0 radical (unpaired) electrons. The molecule has 0 spiro atoms. The quantitative estimate of drug-likeness (QED) is 0.750. The Balaban J connectivity index is 2.02. The molecule has 116 valence electrons. The number of fused-ring (bicyclic) bond motifs is 2. The van der Waals surface area contributed by atoms with E-state index in [9.17, 15) is 9.90 Å². The van der Waals surface area contributed by atoms with E-state index < -0.39 is 5.97 Å². The van der Waals surface area contributed by atoms with Crippen LogP contribution in [-0.2, 0) is 4.79 Å². The number of carboxylic acid groups (broad SMARTS) is 1. The van der Waals surface area contributed by atoms with Gasteiger partial charge in [-0.15, -0.1) is 0 Å². The van der Waals surface area contributed by atoms with Crippen molar-refractivity contribution in [3.8, 4) is 0 Å². The number of aliphatic carboxylic acids is 1. The first-order chi connectivity index (χ1) is 9.38. The van der Waals surface area contributed by atoms with Crippen molar-refractivity contribution in [1.82, 2.24) is 5.32 Å². The van der Waals surface area contributed by atoms with E-state index in [1.807, 2.05) is 0 Å². The van der Waals surface area contributed by atoms with Crippen molar-refractivity contribution in [2.45, 2.75) is 71.9 Å². The number of carboxylic acids is 1. The van der Waals surface area contributed by atoms with Crippen LogP contribution in [0, 0.1) is 29.6 Å². The van der Waals surface area contributed by atoms with Crippen LogP contribution in [0.25, 0.3) is 0 Å². The van der Waals surface area contributed by atoms with Gasteiger partial charge in [-0.2, -0.15) is 0 Å². The average Bonchev–Trinajstić information content (AvgIpc) is 2.86. The van der Waals surface area contributed by atoms with Crippen LogP contribution in [0.2, 0.25) is 0 Å². The lowest BCUT2D eigenvalue weighted by Gasteiger charge is -2.34. The van der Waals surface area contributed by atoms with Gasteiger partial charge in [0, 0.05) is 12.1 Å². The first kappa shape index (κ1) is 15.8. The topological polar surface area (TPSA) is 49.3 Å². The fraction of sp³-hybridized carbons (Fsp3) is 0.941. The summed E-state index contributed by atoms with van der Waals surface area (Å²) in [5.41, 5.74) is 0. The molecule has 0 aliphatic heterocycles. The third-order valence-electron chi connectivity index (χ3n) is 5.14. The van der Waals surface area contributed by atoms with Crippen LogP contribution in [0.15, 0.2) is 0 Å². The second kappa shape index (κ2) is 6.46. The summed E-state index contributed by atoms with van der Waals surface area (Å²) in [7, 11) is 0. The minimum atomic E-state index is -0.581. The Morgan fingerprint density at radius 3 is 2.15 bits per heavy atom. The highest BCUT2D eigenvalue weighted by Gasteiger charge is 2.51. The fourth-order valence-corrected chi connectivity index (χ4v) is 4.53. The Kier molecular flexibility index (Phi) is 5.11. The highest BCUT2D eigenvalue weighted by Crippen LogP contribution is 2.48. The van der Waals surface area contributed by atoms with Crippen molar-refractivity contribution in [2.24, 2.45) is 29.6 Å². The van der Waals surface area contributed by atoms with Crippen molar-refractivity contribution >= 4 is 5.97 Å². The Morgan fingerprint density at radius 2 is 1.65 bits per heavy atom. The molecule has 2 aliphatic rings. The van der Waals surface area contributed by atoms with Crippen molar-refractivity contribution in [3.63, 3.8) is 0 Å². The molecule has 0 heterocycles. The summed E-state index contributed by atoms with van der Waals surface area (Å²) >= 11 is 0. The largest absolute Gasteiger partial charge is 0.481 e.